The smallest absolute Gasteiger partial charge is 0.261 e. The molecule has 0 bridgehead atoms. The quantitative estimate of drug-likeness (QED) is 0.457. The number of aromatic nitrogens is 2. The van der Waals surface area contributed by atoms with Gasteiger partial charge in [-0.05, 0) is 36.4 Å². The maximum Gasteiger partial charge on any atom is 0.261 e. The first-order chi connectivity index (χ1) is 12.9. The number of carbonyl (C=O) groups is 1. The normalized spacial score (nSPS) is 10.9. The lowest BCUT2D eigenvalue weighted by Gasteiger charge is -2.09. The van der Waals surface area contributed by atoms with E-state index in [9.17, 15) is 9.59 Å². The minimum Gasteiger partial charge on any atom is -0.354 e. The van der Waals surface area contributed by atoms with Crippen LogP contribution in [0, 0.1) is 0 Å². The number of carbonyl (C=O) groups excluding carboxylic acids is 1. The van der Waals surface area contributed by atoms with E-state index in [0.717, 1.165) is 4.90 Å². The first kappa shape index (κ1) is 20.0. The molecule has 0 spiro atoms. The third kappa shape index (κ3) is 5.17. The summed E-state index contributed by atoms with van der Waals surface area (Å²) in [7, 11) is 0. The molecule has 3 rings (SSSR count). The summed E-state index contributed by atoms with van der Waals surface area (Å²) in [5.74, 6) is 0.423. The lowest BCUT2D eigenvalue weighted by molar-refractivity contribution is -0.121. The van der Waals surface area contributed by atoms with Gasteiger partial charge in [-0.1, -0.05) is 34.8 Å². The lowest BCUT2D eigenvalue weighted by Crippen LogP contribution is -2.33. The Labute approximate surface area is 174 Å². The fraction of sp³-hybridized carbons (Fsp3) is 0.167. The van der Waals surface area contributed by atoms with Gasteiger partial charge in [-0.15, -0.1) is 11.8 Å². The molecule has 0 radical (unpaired) electrons. The standard InChI is InChI=1S/C18H14Cl3N3O2S/c19-11-1-3-13(4-2-11)27-6-5-22-16(25)9-24-10-23-17-14(18(24)26)7-12(20)8-15(17)21/h1-4,7-8,10H,5-6,9H2,(H,22,25). The molecule has 5 nitrogen and oxygen atoms in total. The Morgan fingerprint density at radius 2 is 1.85 bits per heavy atom. The summed E-state index contributed by atoms with van der Waals surface area (Å²) in [6.07, 6.45) is 1.31. The summed E-state index contributed by atoms with van der Waals surface area (Å²) in [5.41, 5.74) is -0.00261. The molecule has 27 heavy (non-hydrogen) atoms. The molecule has 2 aromatic carbocycles. The van der Waals surface area contributed by atoms with Gasteiger partial charge in [0.15, 0.2) is 0 Å². The molecule has 0 saturated carbocycles. The van der Waals surface area contributed by atoms with Gasteiger partial charge in [-0.25, -0.2) is 4.98 Å². The Morgan fingerprint density at radius 3 is 2.59 bits per heavy atom. The van der Waals surface area contributed by atoms with Crippen molar-refractivity contribution in [2.24, 2.45) is 0 Å². The molecule has 0 saturated heterocycles. The molecule has 1 amide bonds. The third-order valence-electron chi connectivity index (χ3n) is 3.67. The summed E-state index contributed by atoms with van der Waals surface area (Å²) in [6, 6.07) is 10.5. The minimum atomic E-state index is -0.366. The number of hydrogen-bond donors (Lipinski definition) is 1. The number of halogens is 3. The van der Waals surface area contributed by atoms with E-state index in [2.05, 4.69) is 10.3 Å². The van der Waals surface area contributed by atoms with Crippen LogP contribution in [-0.2, 0) is 11.3 Å². The SMILES string of the molecule is O=C(Cn1cnc2c(Cl)cc(Cl)cc2c1=O)NCCSc1ccc(Cl)cc1. The lowest BCUT2D eigenvalue weighted by atomic mass is 10.2. The van der Waals surface area contributed by atoms with Gasteiger partial charge in [0.05, 0.1) is 22.3 Å². The van der Waals surface area contributed by atoms with E-state index in [1.165, 1.54) is 23.0 Å². The Hall–Kier alpha value is -1.73. The Morgan fingerprint density at radius 1 is 1.11 bits per heavy atom. The highest BCUT2D eigenvalue weighted by Gasteiger charge is 2.11. The van der Waals surface area contributed by atoms with Crippen LogP contribution in [0.2, 0.25) is 15.1 Å². The number of amides is 1. The van der Waals surface area contributed by atoms with E-state index < -0.39 is 0 Å². The minimum absolute atomic E-state index is 0.127. The molecule has 0 aliphatic rings. The maximum absolute atomic E-state index is 12.5. The number of rotatable bonds is 6. The molecule has 0 fully saturated rings. The Bertz CT molecular complexity index is 1040. The molecular weight excluding hydrogens is 429 g/mol. The van der Waals surface area contributed by atoms with Crippen molar-refractivity contribution in [1.82, 2.24) is 14.9 Å². The average Bonchev–Trinajstić information content (AvgIpc) is 2.63. The van der Waals surface area contributed by atoms with E-state index in [0.29, 0.717) is 32.9 Å². The van der Waals surface area contributed by atoms with Gasteiger partial charge in [0, 0.05) is 27.2 Å². The molecule has 1 heterocycles. The average molecular weight is 443 g/mol. The van der Waals surface area contributed by atoms with E-state index in [1.807, 2.05) is 24.3 Å². The molecule has 1 N–H and O–H groups in total. The summed E-state index contributed by atoms with van der Waals surface area (Å²) >= 11 is 19.4. The molecule has 140 valence electrons. The van der Waals surface area contributed by atoms with Crippen molar-refractivity contribution in [3.63, 3.8) is 0 Å². The second-order valence-electron chi connectivity index (χ2n) is 5.61. The van der Waals surface area contributed by atoms with E-state index in [4.69, 9.17) is 34.8 Å². The van der Waals surface area contributed by atoms with Crippen molar-refractivity contribution in [2.75, 3.05) is 12.3 Å². The number of thioether (sulfide) groups is 1. The summed E-state index contributed by atoms with van der Waals surface area (Å²) < 4.78 is 1.23. The van der Waals surface area contributed by atoms with E-state index in [-0.39, 0.29) is 23.4 Å². The zero-order valence-corrected chi connectivity index (χ0v) is 17.0. The molecule has 0 aliphatic carbocycles. The number of nitrogens with one attached hydrogen (secondary N) is 1. The number of hydrogen-bond acceptors (Lipinski definition) is 4. The highest BCUT2D eigenvalue weighted by Crippen LogP contribution is 2.24. The molecule has 0 aliphatic heterocycles. The van der Waals surface area contributed by atoms with Crippen LogP contribution >= 0.6 is 46.6 Å². The van der Waals surface area contributed by atoms with Crippen LogP contribution < -0.4 is 10.9 Å². The molecule has 0 unspecified atom stereocenters. The third-order valence-corrected chi connectivity index (χ3v) is 5.44. The second-order valence-corrected chi connectivity index (χ2v) is 8.06. The zero-order chi connectivity index (χ0) is 19.4. The Kier molecular flexibility index (Phi) is 6.65. The van der Waals surface area contributed by atoms with Crippen molar-refractivity contribution in [3.8, 4) is 0 Å². The van der Waals surface area contributed by atoms with Gasteiger partial charge in [0.25, 0.3) is 5.56 Å². The summed E-state index contributed by atoms with van der Waals surface area (Å²) in [5, 5.41) is 4.39. The monoisotopic (exact) mass is 441 g/mol. The van der Waals surface area contributed by atoms with Crippen LogP contribution in [0.4, 0.5) is 0 Å². The summed E-state index contributed by atoms with van der Waals surface area (Å²) in [6.45, 7) is 0.344. The molecule has 1 aromatic heterocycles. The van der Waals surface area contributed by atoms with Crippen molar-refractivity contribution in [1.29, 1.82) is 0 Å². The highest BCUT2D eigenvalue weighted by molar-refractivity contribution is 7.99. The highest BCUT2D eigenvalue weighted by atomic mass is 35.5. The van der Waals surface area contributed by atoms with Crippen LogP contribution in [0.25, 0.3) is 10.9 Å². The second kappa shape index (κ2) is 8.97. The van der Waals surface area contributed by atoms with Crippen LogP contribution in [0.1, 0.15) is 0 Å². The number of fused-ring (bicyclic) bond motifs is 1. The van der Waals surface area contributed by atoms with Crippen molar-refractivity contribution < 1.29 is 4.79 Å². The zero-order valence-electron chi connectivity index (χ0n) is 13.9. The van der Waals surface area contributed by atoms with Crippen LogP contribution in [-0.4, -0.2) is 27.8 Å². The molecule has 9 heteroatoms. The van der Waals surface area contributed by atoms with Crippen molar-refractivity contribution in [3.05, 3.63) is 68.1 Å². The van der Waals surface area contributed by atoms with Crippen molar-refractivity contribution in [2.45, 2.75) is 11.4 Å². The Balaban J connectivity index is 1.58. The van der Waals surface area contributed by atoms with Gasteiger partial charge >= 0.3 is 0 Å². The molecule has 0 atom stereocenters. The fourth-order valence-corrected chi connectivity index (χ4v) is 3.84. The van der Waals surface area contributed by atoms with Crippen molar-refractivity contribution >= 4 is 63.4 Å². The van der Waals surface area contributed by atoms with E-state index >= 15 is 0 Å². The van der Waals surface area contributed by atoms with Gasteiger partial charge in [0.1, 0.15) is 6.54 Å². The van der Waals surface area contributed by atoms with Crippen LogP contribution in [0.5, 0.6) is 0 Å². The van der Waals surface area contributed by atoms with Gasteiger partial charge in [0.2, 0.25) is 5.91 Å². The predicted octanol–water partition coefficient (Wildman–Crippen LogP) is 4.27. The van der Waals surface area contributed by atoms with Gasteiger partial charge in [-0.3, -0.25) is 14.2 Å². The van der Waals surface area contributed by atoms with Crippen LogP contribution in [0.3, 0.4) is 0 Å². The fourth-order valence-electron chi connectivity index (χ4n) is 2.41. The predicted molar refractivity (Wildman–Crippen MR) is 111 cm³/mol. The summed E-state index contributed by atoms with van der Waals surface area (Å²) in [4.78, 5) is 29.9. The topological polar surface area (TPSA) is 64.0 Å². The molecular formula is C18H14Cl3N3O2S. The number of benzene rings is 2. The van der Waals surface area contributed by atoms with Gasteiger partial charge in [-0.2, -0.15) is 0 Å². The van der Waals surface area contributed by atoms with E-state index in [1.54, 1.807) is 11.8 Å². The maximum atomic E-state index is 12.5. The number of nitrogens with zero attached hydrogens (tertiary/aromatic N) is 2. The largest absolute Gasteiger partial charge is 0.354 e. The van der Waals surface area contributed by atoms with Crippen LogP contribution in [0.15, 0.2) is 52.4 Å². The molecule has 3 aromatic rings. The first-order valence-electron chi connectivity index (χ1n) is 7.93. The first-order valence-corrected chi connectivity index (χ1v) is 10.1. The van der Waals surface area contributed by atoms with Gasteiger partial charge < -0.3 is 5.32 Å².